The quantitative estimate of drug-likeness (QED) is 0.545. The molecule has 1 N–H and O–H groups in total. The zero-order valence-corrected chi connectivity index (χ0v) is 14.2. The number of nitrogens with zero attached hydrogens (tertiary/aromatic N) is 2. The molecule has 1 aromatic heterocycles. The highest BCUT2D eigenvalue weighted by molar-refractivity contribution is 5.87. The minimum atomic E-state index is -0.451. The molecular formula is C20H18N2O4. The van der Waals surface area contributed by atoms with Crippen LogP contribution in [0.15, 0.2) is 67.0 Å². The fourth-order valence-electron chi connectivity index (χ4n) is 2.33. The molecule has 0 amide bonds. The number of aromatic hydroxyl groups is 1. The molecule has 1 heterocycles. The summed E-state index contributed by atoms with van der Waals surface area (Å²) in [6, 6.07) is 14.3. The molecule has 2 aromatic carbocycles. The van der Waals surface area contributed by atoms with Crippen LogP contribution in [0.2, 0.25) is 0 Å². The number of phenolic OH excluding ortho intramolecular Hbond substituents is 1. The van der Waals surface area contributed by atoms with Crippen LogP contribution in [0.3, 0.4) is 0 Å². The molecule has 132 valence electrons. The Morgan fingerprint density at radius 2 is 2.04 bits per heavy atom. The molecule has 0 unspecified atom stereocenters. The van der Waals surface area contributed by atoms with Crippen LogP contribution in [0.5, 0.6) is 11.5 Å². The molecule has 0 aliphatic carbocycles. The maximum Gasteiger partial charge on any atom is 0.331 e. The molecule has 0 aliphatic heterocycles. The molecular weight excluding hydrogens is 332 g/mol. The lowest BCUT2D eigenvalue weighted by molar-refractivity contribution is -0.138. The van der Waals surface area contributed by atoms with Crippen molar-refractivity contribution in [2.24, 2.45) is 0 Å². The largest absolute Gasteiger partial charge is 0.504 e. The number of hydrogen-bond acceptors (Lipinski definition) is 5. The molecule has 0 bridgehead atoms. The summed E-state index contributed by atoms with van der Waals surface area (Å²) < 4.78 is 12.0. The Morgan fingerprint density at radius 3 is 2.73 bits per heavy atom. The van der Waals surface area contributed by atoms with Gasteiger partial charge in [0.15, 0.2) is 11.5 Å². The summed E-state index contributed by atoms with van der Waals surface area (Å²) in [6.07, 6.45) is 6.51. The number of esters is 1. The maximum atomic E-state index is 11.9. The van der Waals surface area contributed by atoms with E-state index in [0.717, 1.165) is 16.8 Å². The van der Waals surface area contributed by atoms with E-state index in [1.807, 2.05) is 36.5 Å². The zero-order valence-electron chi connectivity index (χ0n) is 14.2. The van der Waals surface area contributed by atoms with Gasteiger partial charge in [-0.15, -0.1) is 0 Å². The Labute approximate surface area is 150 Å². The van der Waals surface area contributed by atoms with E-state index in [2.05, 4.69) is 5.10 Å². The van der Waals surface area contributed by atoms with Gasteiger partial charge in [0.05, 0.1) is 12.8 Å². The van der Waals surface area contributed by atoms with Gasteiger partial charge in [0.2, 0.25) is 0 Å². The number of rotatable bonds is 6. The third-order valence-corrected chi connectivity index (χ3v) is 3.70. The normalized spacial score (nSPS) is 10.8. The maximum absolute atomic E-state index is 11.9. The minimum absolute atomic E-state index is 0.0470. The monoisotopic (exact) mass is 350 g/mol. The van der Waals surface area contributed by atoms with Crippen LogP contribution in [-0.4, -0.2) is 28.0 Å². The van der Waals surface area contributed by atoms with Crippen molar-refractivity contribution < 1.29 is 19.4 Å². The van der Waals surface area contributed by atoms with Crippen LogP contribution in [0.1, 0.15) is 11.1 Å². The van der Waals surface area contributed by atoms with Crippen molar-refractivity contribution in [3.8, 4) is 17.2 Å². The summed E-state index contributed by atoms with van der Waals surface area (Å²) in [4.78, 5) is 11.9. The van der Waals surface area contributed by atoms with Gasteiger partial charge in [-0.3, -0.25) is 0 Å². The molecule has 3 aromatic rings. The first-order chi connectivity index (χ1) is 12.7. The molecule has 26 heavy (non-hydrogen) atoms. The topological polar surface area (TPSA) is 73.6 Å². The molecule has 6 nitrogen and oxygen atoms in total. The van der Waals surface area contributed by atoms with Crippen molar-refractivity contribution in [2.75, 3.05) is 7.11 Å². The predicted octanol–water partition coefficient (Wildman–Crippen LogP) is 3.34. The smallest absolute Gasteiger partial charge is 0.331 e. The number of hydrogen-bond donors (Lipinski definition) is 1. The SMILES string of the molecule is COc1cc(/C=C/C(=O)OCc2ccc(-n3cccn3)cc2)ccc1O. The number of benzene rings is 2. The van der Waals surface area contributed by atoms with Crippen molar-refractivity contribution in [3.05, 3.63) is 78.1 Å². The van der Waals surface area contributed by atoms with Crippen molar-refractivity contribution in [3.63, 3.8) is 0 Å². The number of methoxy groups -OCH3 is 1. The number of carbonyl (C=O) groups is 1. The zero-order chi connectivity index (χ0) is 18.4. The van der Waals surface area contributed by atoms with E-state index in [1.54, 1.807) is 29.1 Å². The summed E-state index contributed by atoms with van der Waals surface area (Å²) in [5, 5.41) is 13.7. The van der Waals surface area contributed by atoms with Crippen LogP contribution >= 0.6 is 0 Å². The summed E-state index contributed by atoms with van der Waals surface area (Å²) in [5.74, 6) is -0.0585. The fourth-order valence-corrected chi connectivity index (χ4v) is 2.33. The highest BCUT2D eigenvalue weighted by atomic mass is 16.5. The van der Waals surface area contributed by atoms with E-state index in [-0.39, 0.29) is 12.4 Å². The van der Waals surface area contributed by atoms with Gasteiger partial charge in [-0.1, -0.05) is 18.2 Å². The van der Waals surface area contributed by atoms with Gasteiger partial charge in [-0.05, 0) is 47.5 Å². The molecule has 0 spiro atoms. The fraction of sp³-hybridized carbons (Fsp3) is 0.100. The van der Waals surface area contributed by atoms with Gasteiger partial charge in [0, 0.05) is 18.5 Å². The Bertz CT molecular complexity index is 900. The first kappa shape index (κ1) is 17.3. The van der Waals surface area contributed by atoms with Gasteiger partial charge in [0.25, 0.3) is 0 Å². The van der Waals surface area contributed by atoms with Crippen LogP contribution in [-0.2, 0) is 16.1 Å². The third-order valence-electron chi connectivity index (χ3n) is 3.70. The van der Waals surface area contributed by atoms with Gasteiger partial charge in [-0.2, -0.15) is 5.10 Å². The highest BCUT2D eigenvalue weighted by Crippen LogP contribution is 2.26. The molecule has 6 heteroatoms. The first-order valence-corrected chi connectivity index (χ1v) is 7.96. The Morgan fingerprint density at radius 1 is 1.23 bits per heavy atom. The standard InChI is InChI=1S/C20H18N2O4/c1-25-19-13-15(5-9-18(19)23)6-10-20(24)26-14-16-3-7-17(8-4-16)22-12-2-11-21-22/h2-13,23H,14H2,1H3/b10-6+. The second-order valence-electron chi connectivity index (χ2n) is 5.49. The minimum Gasteiger partial charge on any atom is -0.504 e. The molecule has 0 saturated carbocycles. The van der Waals surface area contributed by atoms with E-state index >= 15 is 0 Å². The lowest BCUT2D eigenvalue weighted by Crippen LogP contribution is -2.01. The molecule has 0 fully saturated rings. The Hall–Kier alpha value is -3.54. The van der Waals surface area contributed by atoms with Gasteiger partial charge < -0.3 is 14.6 Å². The number of phenols is 1. The number of aromatic nitrogens is 2. The van der Waals surface area contributed by atoms with Crippen LogP contribution in [0.25, 0.3) is 11.8 Å². The molecule has 0 atom stereocenters. The number of carbonyl (C=O) groups excluding carboxylic acids is 1. The average Bonchev–Trinajstić information content (AvgIpc) is 3.21. The lowest BCUT2D eigenvalue weighted by Gasteiger charge is -2.05. The predicted molar refractivity (Wildman–Crippen MR) is 97.1 cm³/mol. The first-order valence-electron chi connectivity index (χ1n) is 7.96. The van der Waals surface area contributed by atoms with Gasteiger partial charge >= 0.3 is 5.97 Å². The summed E-state index contributed by atoms with van der Waals surface area (Å²) >= 11 is 0. The second-order valence-corrected chi connectivity index (χ2v) is 5.49. The average molecular weight is 350 g/mol. The molecule has 3 rings (SSSR count). The second kappa shape index (κ2) is 8.02. The summed E-state index contributed by atoms with van der Waals surface area (Å²) in [6.45, 7) is 0.182. The lowest BCUT2D eigenvalue weighted by atomic mass is 10.2. The molecule has 0 saturated heterocycles. The summed E-state index contributed by atoms with van der Waals surface area (Å²) in [5.41, 5.74) is 2.54. The van der Waals surface area contributed by atoms with E-state index in [4.69, 9.17) is 9.47 Å². The molecule has 0 radical (unpaired) electrons. The van der Waals surface area contributed by atoms with E-state index in [0.29, 0.717) is 5.75 Å². The van der Waals surface area contributed by atoms with E-state index in [1.165, 1.54) is 19.3 Å². The van der Waals surface area contributed by atoms with Crippen LogP contribution in [0.4, 0.5) is 0 Å². The van der Waals surface area contributed by atoms with E-state index in [9.17, 15) is 9.90 Å². The summed E-state index contributed by atoms with van der Waals surface area (Å²) in [7, 11) is 1.47. The Balaban J connectivity index is 1.55. The van der Waals surface area contributed by atoms with Gasteiger partial charge in [0.1, 0.15) is 6.61 Å². The van der Waals surface area contributed by atoms with Gasteiger partial charge in [-0.25, -0.2) is 9.48 Å². The third kappa shape index (κ3) is 4.30. The number of ether oxygens (including phenoxy) is 2. The van der Waals surface area contributed by atoms with Crippen molar-refractivity contribution in [1.82, 2.24) is 9.78 Å². The van der Waals surface area contributed by atoms with Crippen molar-refractivity contribution in [1.29, 1.82) is 0 Å². The Kier molecular flexibility index (Phi) is 5.34. The van der Waals surface area contributed by atoms with Crippen molar-refractivity contribution in [2.45, 2.75) is 6.61 Å². The van der Waals surface area contributed by atoms with Crippen LogP contribution < -0.4 is 4.74 Å². The van der Waals surface area contributed by atoms with E-state index < -0.39 is 5.97 Å². The van der Waals surface area contributed by atoms with Crippen molar-refractivity contribution >= 4 is 12.0 Å². The highest BCUT2D eigenvalue weighted by Gasteiger charge is 2.03. The van der Waals surface area contributed by atoms with Crippen LogP contribution in [0, 0.1) is 0 Å². The molecule has 0 aliphatic rings.